The number of nitrogens with one attached hydrogen (secondary N) is 1. The first kappa shape index (κ1) is 13.1. The number of hydrogen-bond donors (Lipinski definition) is 2. The molecule has 0 aliphatic heterocycles. The summed E-state index contributed by atoms with van der Waals surface area (Å²) in [4.78, 5) is 20.1. The van der Waals surface area contributed by atoms with Crippen LogP contribution in [0.2, 0.25) is 0 Å². The molecule has 0 aromatic carbocycles. The number of nitrogens with two attached hydrogens (primary N) is 1. The van der Waals surface area contributed by atoms with Crippen molar-refractivity contribution in [1.29, 1.82) is 0 Å². The van der Waals surface area contributed by atoms with Crippen LogP contribution in [0.5, 0.6) is 0 Å². The van der Waals surface area contributed by atoms with E-state index in [1.807, 2.05) is 6.92 Å². The number of aromatic nitrogens is 2. The molecule has 2 aromatic rings. The minimum absolute atomic E-state index is 0.278. The molecule has 2 aromatic heterocycles. The zero-order valence-electron chi connectivity index (χ0n) is 9.61. The van der Waals surface area contributed by atoms with Crippen LogP contribution in [0.4, 0.5) is 5.82 Å². The first-order valence-electron chi connectivity index (χ1n) is 5.18. The molecule has 7 heteroatoms. The van der Waals surface area contributed by atoms with Gasteiger partial charge in [-0.05, 0) is 34.5 Å². The second-order valence-electron chi connectivity index (χ2n) is 3.60. The summed E-state index contributed by atoms with van der Waals surface area (Å²) in [5.41, 5.74) is 6.82. The molecular formula is C11H11BrN4OS. The molecule has 0 spiro atoms. The van der Waals surface area contributed by atoms with Crippen LogP contribution in [-0.4, -0.2) is 15.9 Å². The van der Waals surface area contributed by atoms with E-state index in [0.717, 1.165) is 15.0 Å². The minimum Gasteiger partial charge on any atom is -0.325 e. The molecule has 5 nitrogen and oxygen atoms in total. The Labute approximate surface area is 117 Å². The van der Waals surface area contributed by atoms with Crippen molar-refractivity contribution in [1.82, 2.24) is 9.97 Å². The molecule has 0 saturated heterocycles. The number of hydrogen-bond acceptors (Lipinski definition) is 5. The molecule has 3 N–H and O–H groups in total. The van der Waals surface area contributed by atoms with Crippen LogP contribution in [0.15, 0.2) is 22.1 Å². The van der Waals surface area contributed by atoms with Gasteiger partial charge in [0.15, 0.2) is 0 Å². The van der Waals surface area contributed by atoms with Gasteiger partial charge in [-0.3, -0.25) is 4.79 Å². The van der Waals surface area contributed by atoms with Crippen molar-refractivity contribution in [3.05, 3.63) is 38.4 Å². The predicted octanol–water partition coefficient (Wildman–Crippen LogP) is 2.32. The molecule has 0 radical (unpaired) electrons. The number of nitrogens with zero attached hydrogens (tertiary/aromatic N) is 2. The largest absolute Gasteiger partial charge is 0.325 e. The van der Waals surface area contributed by atoms with Gasteiger partial charge in [0, 0.05) is 22.6 Å². The van der Waals surface area contributed by atoms with Crippen LogP contribution in [0, 0.1) is 6.92 Å². The molecule has 0 aliphatic carbocycles. The van der Waals surface area contributed by atoms with Gasteiger partial charge in [0.05, 0.1) is 0 Å². The van der Waals surface area contributed by atoms with Gasteiger partial charge in [0.25, 0.3) is 5.91 Å². The molecule has 2 heterocycles. The number of carbonyl (C=O) groups excluding carboxylic acids is 1. The van der Waals surface area contributed by atoms with Gasteiger partial charge in [-0.25, -0.2) is 9.97 Å². The van der Waals surface area contributed by atoms with E-state index in [1.165, 1.54) is 11.3 Å². The Morgan fingerprint density at radius 3 is 3.00 bits per heavy atom. The first-order valence-corrected chi connectivity index (χ1v) is 6.85. The number of aryl methyl sites for hydroxylation is 1. The van der Waals surface area contributed by atoms with E-state index >= 15 is 0 Å². The summed E-state index contributed by atoms with van der Waals surface area (Å²) in [6, 6.07) is 1.79. The fraction of sp³-hybridized carbons (Fsp3) is 0.182. The Kier molecular flexibility index (Phi) is 4.05. The molecule has 18 heavy (non-hydrogen) atoms. The molecule has 2 rings (SSSR count). The third kappa shape index (κ3) is 2.92. The third-order valence-corrected chi connectivity index (χ3v) is 3.95. The zero-order valence-corrected chi connectivity index (χ0v) is 12.0. The zero-order chi connectivity index (χ0) is 13.1. The number of anilines is 1. The van der Waals surface area contributed by atoms with Crippen LogP contribution in [0.25, 0.3) is 0 Å². The fourth-order valence-corrected chi connectivity index (χ4v) is 2.17. The lowest BCUT2D eigenvalue weighted by Crippen LogP contribution is -2.13. The van der Waals surface area contributed by atoms with Crippen LogP contribution in [-0.2, 0) is 6.54 Å². The normalized spacial score (nSPS) is 10.4. The highest BCUT2D eigenvalue weighted by Gasteiger charge is 2.11. The van der Waals surface area contributed by atoms with Crippen molar-refractivity contribution in [2.75, 3.05) is 5.32 Å². The topological polar surface area (TPSA) is 80.9 Å². The minimum atomic E-state index is -0.278. The molecule has 1 amide bonds. The quantitative estimate of drug-likeness (QED) is 0.906. The lowest BCUT2D eigenvalue weighted by Gasteiger charge is -2.04. The summed E-state index contributed by atoms with van der Waals surface area (Å²) in [5.74, 6) is 0.225. The Hall–Kier alpha value is -1.31. The summed E-state index contributed by atoms with van der Waals surface area (Å²) in [5, 5.41) is 5.12. The fourth-order valence-electron chi connectivity index (χ4n) is 1.30. The number of amides is 1. The number of rotatable bonds is 3. The van der Waals surface area contributed by atoms with Crippen molar-refractivity contribution in [3.63, 3.8) is 0 Å². The van der Waals surface area contributed by atoms with E-state index in [0.29, 0.717) is 18.1 Å². The van der Waals surface area contributed by atoms with Crippen LogP contribution in [0.3, 0.4) is 0 Å². The standard InChI is InChI=1S/C11H11BrN4OS/c1-6-2-9(14-4-7(6)12)16-11(17)8-5-18-10(3-13)15-8/h2,4-5H,3,13H2,1H3,(H,14,16,17). The Morgan fingerprint density at radius 2 is 2.39 bits per heavy atom. The molecular weight excluding hydrogens is 316 g/mol. The van der Waals surface area contributed by atoms with Crippen LogP contribution >= 0.6 is 27.3 Å². The van der Waals surface area contributed by atoms with E-state index < -0.39 is 0 Å². The maximum atomic E-state index is 11.9. The summed E-state index contributed by atoms with van der Waals surface area (Å²) in [6.07, 6.45) is 1.65. The van der Waals surface area contributed by atoms with Gasteiger partial charge in [-0.1, -0.05) is 0 Å². The van der Waals surface area contributed by atoms with E-state index in [2.05, 4.69) is 31.2 Å². The highest BCUT2D eigenvalue weighted by molar-refractivity contribution is 9.10. The summed E-state index contributed by atoms with van der Waals surface area (Å²) in [6.45, 7) is 2.27. The second kappa shape index (κ2) is 5.55. The summed E-state index contributed by atoms with van der Waals surface area (Å²) in [7, 11) is 0. The first-order chi connectivity index (χ1) is 8.60. The van der Waals surface area contributed by atoms with Crippen LogP contribution < -0.4 is 11.1 Å². The summed E-state index contributed by atoms with van der Waals surface area (Å²) < 4.78 is 0.902. The maximum Gasteiger partial charge on any atom is 0.276 e. The molecule has 0 unspecified atom stereocenters. The molecule has 0 bridgehead atoms. The predicted molar refractivity (Wildman–Crippen MR) is 74.6 cm³/mol. The third-order valence-electron chi connectivity index (χ3n) is 2.25. The number of pyridine rings is 1. The van der Waals surface area contributed by atoms with Gasteiger partial charge in [-0.15, -0.1) is 11.3 Å². The van der Waals surface area contributed by atoms with Gasteiger partial charge in [0.1, 0.15) is 16.5 Å². The van der Waals surface area contributed by atoms with Crippen molar-refractivity contribution >= 4 is 39.0 Å². The summed E-state index contributed by atoms with van der Waals surface area (Å²) >= 11 is 4.72. The molecule has 0 aliphatic rings. The number of thiazole rings is 1. The Balaban J connectivity index is 2.13. The second-order valence-corrected chi connectivity index (χ2v) is 5.40. The van der Waals surface area contributed by atoms with Gasteiger partial charge < -0.3 is 11.1 Å². The van der Waals surface area contributed by atoms with Gasteiger partial charge >= 0.3 is 0 Å². The lowest BCUT2D eigenvalue weighted by molar-refractivity contribution is 0.102. The average molecular weight is 327 g/mol. The van der Waals surface area contributed by atoms with Gasteiger partial charge in [-0.2, -0.15) is 0 Å². The Morgan fingerprint density at radius 1 is 1.61 bits per heavy atom. The highest BCUT2D eigenvalue weighted by atomic mass is 79.9. The highest BCUT2D eigenvalue weighted by Crippen LogP contribution is 2.18. The van der Waals surface area contributed by atoms with Crippen molar-refractivity contribution in [3.8, 4) is 0 Å². The lowest BCUT2D eigenvalue weighted by atomic mass is 10.3. The Bertz CT molecular complexity index is 584. The number of carbonyl (C=O) groups is 1. The molecule has 94 valence electrons. The molecule has 0 saturated carbocycles. The SMILES string of the molecule is Cc1cc(NC(=O)c2csc(CN)n2)ncc1Br. The van der Waals surface area contributed by atoms with E-state index in [4.69, 9.17) is 5.73 Å². The maximum absolute atomic E-state index is 11.9. The van der Waals surface area contributed by atoms with E-state index in [-0.39, 0.29) is 5.91 Å². The number of halogens is 1. The molecule has 0 fully saturated rings. The van der Waals surface area contributed by atoms with Crippen molar-refractivity contribution in [2.24, 2.45) is 5.73 Å². The van der Waals surface area contributed by atoms with Gasteiger partial charge in [0.2, 0.25) is 0 Å². The van der Waals surface area contributed by atoms with Crippen molar-refractivity contribution < 1.29 is 4.79 Å². The van der Waals surface area contributed by atoms with Crippen LogP contribution in [0.1, 0.15) is 21.1 Å². The monoisotopic (exact) mass is 326 g/mol. The average Bonchev–Trinajstić information content (AvgIpc) is 2.82. The van der Waals surface area contributed by atoms with E-state index in [9.17, 15) is 4.79 Å². The van der Waals surface area contributed by atoms with E-state index in [1.54, 1.807) is 17.6 Å². The van der Waals surface area contributed by atoms with Crippen molar-refractivity contribution in [2.45, 2.75) is 13.5 Å². The molecule has 0 atom stereocenters. The smallest absolute Gasteiger partial charge is 0.276 e.